The van der Waals surface area contributed by atoms with Crippen molar-refractivity contribution in [2.75, 3.05) is 26.4 Å². The van der Waals surface area contributed by atoms with Gasteiger partial charge in [-0.05, 0) is 27.7 Å². The van der Waals surface area contributed by atoms with E-state index in [4.69, 9.17) is 9.47 Å². The Labute approximate surface area is 103 Å². The van der Waals surface area contributed by atoms with Gasteiger partial charge in [-0.2, -0.15) is 0 Å². The lowest BCUT2D eigenvalue weighted by atomic mass is 10.7. The molecule has 6 heteroatoms. The maximum atomic E-state index is 10.3. The number of alkyl carbamates (subject to hydrolysis) is 1. The molecule has 0 spiro atoms. The van der Waals surface area contributed by atoms with Gasteiger partial charge in [-0.1, -0.05) is 0 Å². The molecule has 0 bridgehead atoms. The number of hydrogen-bond acceptors (Lipinski definition) is 5. The smallest absolute Gasteiger partial charge is 0.407 e. The maximum absolute atomic E-state index is 10.3. The second-order valence-electron chi connectivity index (χ2n) is 2.75. The van der Waals surface area contributed by atoms with Gasteiger partial charge >= 0.3 is 6.09 Å². The van der Waals surface area contributed by atoms with Crippen molar-refractivity contribution in [1.82, 2.24) is 5.32 Å². The van der Waals surface area contributed by atoms with E-state index in [9.17, 15) is 9.59 Å². The highest BCUT2D eigenvalue weighted by Crippen LogP contribution is 1.90. The first-order chi connectivity index (χ1) is 8.12. The molecule has 0 saturated heterocycles. The lowest BCUT2D eigenvalue weighted by Gasteiger charge is -2.09. The summed E-state index contributed by atoms with van der Waals surface area (Å²) in [5.74, 6) is 0. The van der Waals surface area contributed by atoms with Crippen LogP contribution in [0.15, 0.2) is 0 Å². The van der Waals surface area contributed by atoms with Gasteiger partial charge in [0.05, 0.1) is 13.2 Å². The first-order valence-electron chi connectivity index (χ1n) is 5.69. The van der Waals surface area contributed by atoms with E-state index in [0.29, 0.717) is 12.9 Å². The van der Waals surface area contributed by atoms with E-state index in [-0.39, 0.29) is 12.8 Å². The lowest BCUT2D eigenvalue weighted by Crippen LogP contribution is -2.25. The SMILES string of the molecule is CCOC(=O)NCC=O.CCOC(C)OCC. The average molecular weight is 249 g/mol. The van der Waals surface area contributed by atoms with Gasteiger partial charge in [0.2, 0.25) is 0 Å². The predicted octanol–water partition coefficient (Wildman–Crippen LogP) is 1.34. The number of amides is 1. The molecule has 0 aromatic rings. The van der Waals surface area contributed by atoms with Crippen LogP contribution in [0.3, 0.4) is 0 Å². The van der Waals surface area contributed by atoms with Gasteiger partial charge in [-0.25, -0.2) is 4.79 Å². The fourth-order valence-corrected chi connectivity index (χ4v) is 0.825. The molecule has 0 saturated carbocycles. The molecule has 0 aliphatic carbocycles. The van der Waals surface area contributed by atoms with Crippen molar-refractivity contribution in [2.24, 2.45) is 0 Å². The summed E-state index contributed by atoms with van der Waals surface area (Å²) < 4.78 is 14.6. The summed E-state index contributed by atoms with van der Waals surface area (Å²) in [5.41, 5.74) is 0. The molecule has 0 heterocycles. The van der Waals surface area contributed by atoms with Crippen LogP contribution in [0.25, 0.3) is 0 Å². The minimum absolute atomic E-state index is 0.0127. The normalized spacial score (nSPS) is 9.24. The summed E-state index contributed by atoms with van der Waals surface area (Å²) in [5, 5.41) is 2.20. The monoisotopic (exact) mass is 249 g/mol. The van der Waals surface area contributed by atoms with E-state index < -0.39 is 6.09 Å². The van der Waals surface area contributed by atoms with Gasteiger partial charge in [-0.15, -0.1) is 0 Å². The Morgan fingerprint density at radius 1 is 1.18 bits per heavy atom. The third-order valence-electron chi connectivity index (χ3n) is 1.41. The molecule has 0 fully saturated rings. The van der Waals surface area contributed by atoms with Crippen LogP contribution in [0.2, 0.25) is 0 Å². The molecule has 0 radical (unpaired) electrons. The third kappa shape index (κ3) is 17.5. The minimum atomic E-state index is -0.551. The Morgan fingerprint density at radius 2 is 1.71 bits per heavy atom. The molecule has 0 atom stereocenters. The number of hydrogen-bond donors (Lipinski definition) is 1. The zero-order chi connectivity index (χ0) is 13.5. The van der Waals surface area contributed by atoms with E-state index in [1.54, 1.807) is 6.92 Å². The summed E-state index contributed by atoms with van der Waals surface area (Å²) in [6.45, 7) is 9.28. The van der Waals surface area contributed by atoms with E-state index in [1.807, 2.05) is 20.8 Å². The second-order valence-corrected chi connectivity index (χ2v) is 2.75. The highest BCUT2D eigenvalue weighted by molar-refractivity contribution is 5.70. The molecular weight excluding hydrogens is 226 g/mol. The van der Waals surface area contributed by atoms with Gasteiger partial charge in [0.25, 0.3) is 0 Å². The van der Waals surface area contributed by atoms with Crippen LogP contribution in [0, 0.1) is 0 Å². The number of ether oxygens (including phenoxy) is 3. The summed E-state index contributed by atoms with van der Waals surface area (Å²) in [6, 6.07) is 0. The van der Waals surface area contributed by atoms with E-state index >= 15 is 0 Å². The van der Waals surface area contributed by atoms with Crippen LogP contribution < -0.4 is 5.32 Å². The molecule has 6 nitrogen and oxygen atoms in total. The van der Waals surface area contributed by atoms with Crippen LogP contribution >= 0.6 is 0 Å². The number of rotatable bonds is 7. The van der Waals surface area contributed by atoms with E-state index in [0.717, 1.165) is 13.2 Å². The van der Waals surface area contributed by atoms with Crippen LogP contribution in [0.4, 0.5) is 4.79 Å². The maximum Gasteiger partial charge on any atom is 0.407 e. The zero-order valence-electron chi connectivity index (χ0n) is 11.0. The van der Waals surface area contributed by atoms with Crippen molar-refractivity contribution < 1.29 is 23.8 Å². The Bertz CT molecular complexity index is 181. The van der Waals surface area contributed by atoms with Crippen molar-refractivity contribution >= 4 is 12.4 Å². The number of aldehydes is 1. The van der Waals surface area contributed by atoms with Crippen molar-refractivity contribution in [1.29, 1.82) is 0 Å². The fourth-order valence-electron chi connectivity index (χ4n) is 0.825. The number of carbonyl (C=O) groups is 2. The third-order valence-corrected chi connectivity index (χ3v) is 1.41. The van der Waals surface area contributed by atoms with E-state index in [1.165, 1.54) is 0 Å². The van der Waals surface area contributed by atoms with Crippen molar-refractivity contribution in [3.63, 3.8) is 0 Å². The largest absolute Gasteiger partial charge is 0.450 e. The topological polar surface area (TPSA) is 73.9 Å². The number of nitrogens with one attached hydrogen (secondary N) is 1. The fraction of sp³-hybridized carbons (Fsp3) is 0.818. The van der Waals surface area contributed by atoms with Crippen LogP contribution in [0.5, 0.6) is 0 Å². The van der Waals surface area contributed by atoms with Crippen molar-refractivity contribution in [3.05, 3.63) is 0 Å². The first kappa shape index (κ1) is 18.2. The molecule has 0 aliphatic heterocycles. The first-order valence-corrected chi connectivity index (χ1v) is 5.69. The van der Waals surface area contributed by atoms with Gasteiger partial charge < -0.3 is 24.3 Å². The average Bonchev–Trinajstić information content (AvgIpc) is 2.28. The van der Waals surface area contributed by atoms with Gasteiger partial charge in [-0.3, -0.25) is 0 Å². The van der Waals surface area contributed by atoms with Crippen LogP contribution in [-0.2, 0) is 19.0 Å². The standard InChI is InChI=1S/C6H14O2.C5H9NO3/c1-4-7-6(3)8-5-2;1-2-9-5(8)6-3-4-7/h6H,4-5H2,1-3H3;4H,2-3H2,1H3,(H,6,8). The molecule has 0 aromatic heterocycles. The Hall–Kier alpha value is -1.14. The van der Waals surface area contributed by atoms with Gasteiger partial charge in [0.15, 0.2) is 6.29 Å². The molecule has 1 amide bonds. The zero-order valence-corrected chi connectivity index (χ0v) is 11.0. The quantitative estimate of drug-likeness (QED) is 0.544. The Morgan fingerprint density at radius 3 is 2.06 bits per heavy atom. The molecule has 0 rings (SSSR count). The summed E-state index contributed by atoms with van der Waals surface area (Å²) in [7, 11) is 0. The summed E-state index contributed by atoms with van der Waals surface area (Å²) in [6.07, 6.45) is 0.00583. The van der Waals surface area contributed by atoms with Gasteiger partial charge in [0, 0.05) is 13.2 Å². The highest BCUT2D eigenvalue weighted by atomic mass is 16.7. The van der Waals surface area contributed by atoms with Crippen molar-refractivity contribution in [2.45, 2.75) is 34.0 Å². The Balaban J connectivity index is 0. The van der Waals surface area contributed by atoms with Crippen molar-refractivity contribution in [3.8, 4) is 0 Å². The number of carbonyl (C=O) groups excluding carboxylic acids is 2. The summed E-state index contributed by atoms with van der Waals surface area (Å²) >= 11 is 0. The molecule has 0 unspecified atom stereocenters. The summed E-state index contributed by atoms with van der Waals surface area (Å²) in [4.78, 5) is 20.0. The predicted molar refractivity (Wildman–Crippen MR) is 63.8 cm³/mol. The van der Waals surface area contributed by atoms with Crippen LogP contribution in [-0.4, -0.2) is 45.0 Å². The molecule has 17 heavy (non-hydrogen) atoms. The molecule has 102 valence electrons. The highest BCUT2D eigenvalue weighted by Gasteiger charge is 1.95. The molecule has 0 aliphatic rings. The van der Waals surface area contributed by atoms with Crippen LogP contribution in [0.1, 0.15) is 27.7 Å². The Kier molecular flexibility index (Phi) is 15.9. The molecule has 1 N–H and O–H groups in total. The second kappa shape index (κ2) is 14.9. The lowest BCUT2D eigenvalue weighted by molar-refractivity contribution is -0.123. The van der Waals surface area contributed by atoms with E-state index in [2.05, 4.69) is 10.1 Å². The molecule has 0 aromatic carbocycles. The molecular formula is C11H23NO5. The van der Waals surface area contributed by atoms with Gasteiger partial charge in [0.1, 0.15) is 6.29 Å². The minimum Gasteiger partial charge on any atom is -0.450 e.